The third kappa shape index (κ3) is 2.10. The van der Waals surface area contributed by atoms with Crippen LogP contribution in [-0.4, -0.2) is 16.7 Å². The van der Waals surface area contributed by atoms with E-state index in [1.165, 1.54) is 5.56 Å². The number of aromatic nitrogens is 2. The highest BCUT2D eigenvalue weighted by Gasteiger charge is 2.26. The van der Waals surface area contributed by atoms with Gasteiger partial charge < -0.3 is 15.0 Å². The average molecular weight is 259 g/mol. The maximum atomic E-state index is 6.11. The second-order valence-corrected chi connectivity index (χ2v) is 5.12. The van der Waals surface area contributed by atoms with E-state index in [1.54, 1.807) is 0 Å². The second-order valence-electron chi connectivity index (χ2n) is 5.12. The zero-order valence-corrected chi connectivity index (χ0v) is 11.1. The summed E-state index contributed by atoms with van der Waals surface area (Å²) in [4.78, 5) is 4.40. The van der Waals surface area contributed by atoms with Crippen molar-refractivity contribution in [2.45, 2.75) is 32.2 Å². The van der Waals surface area contributed by atoms with Gasteiger partial charge in [-0.25, -0.2) is 0 Å². The molecule has 5 heteroatoms. The molecule has 0 fully saturated rings. The van der Waals surface area contributed by atoms with Crippen LogP contribution >= 0.6 is 0 Å². The zero-order chi connectivity index (χ0) is 13.5. The molecule has 0 radical (unpaired) electrons. The van der Waals surface area contributed by atoms with E-state index in [2.05, 4.69) is 10.1 Å². The fraction of sp³-hybridized carbons (Fsp3) is 0.429. The molecule has 3 rings (SSSR count). The Kier molecular flexibility index (Phi) is 2.78. The molecule has 2 heterocycles. The number of nitrogens with two attached hydrogens (primary N) is 1. The number of hydrogen-bond acceptors (Lipinski definition) is 5. The fourth-order valence-corrected chi connectivity index (χ4v) is 2.05. The van der Waals surface area contributed by atoms with Crippen molar-refractivity contribution in [1.82, 2.24) is 10.1 Å². The van der Waals surface area contributed by atoms with E-state index in [-0.39, 0.29) is 0 Å². The topological polar surface area (TPSA) is 74.2 Å². The Bertz CT molecular complexity index is 604. The van der Waals surface area contributed by atoms with Gasteiger partial charge in [0.2, 0.25) is 0 Å². The third-order valence-corrected chi connectivity index (χ3v) is 3.61. The Morgan fingerprint density at radius 3 is 3.05 bits per heavy atom. The smallest absolute Gasteiger partial charge is 0.258 e. The van der Waals surface area contributed by atoms with Crippen LogP contribution in [0.1, 0.15) is 31.7 Å². The molecule has 100 valence electrons. The molecule has 1 aromatic carbocycles. The number of benzene rings is 1. The average Bonchev–Trinajstić information content (AvgIpc) is 3.06. The molecular weight excluding hydrogens is 242 g/mol. The molecule has 1 aliphatic heterocycles. The highest BCUT2D eigenvalue weighted by atomic mass is 16.5. The molecule has 5 nitrogen and oxygen atoms in total. The van der Waals surface area contributed by atoms with Crippen molar-refractivity contribution >= 4 is 0 Å². The molecule has 1 aromatic heterocycles. The third-order valence-electron chi connectivity index (χ3n) is 3.61. The van der Waals surface area contributed by atoms with Gasteiger partial charge >= 0.3 is 0 Å². The van der Waals surface area contributed by atoms with Crippen LogP contribution in [-0.2, 0) is 12.0 Å². The van der Waals surface area contributed by atoms with E-state index in [0.29, 0.717) is 11.7 Å². The highest BCUT2D eigenvalue weighted by molar-refractivity contribution is 5.58. The summed E-state index contributed by atoms with van der Waals surface area (Å²) in [7, 11) is 0. The lowest BCUT2D eigenvalue weighted by molar-refractivity contribution is 0.357. The number of fused-ring (bicyclic) bond motifs is 1. The summed E-state index contributed by atoms with van der Waals surface area (Å²) in [6.45, 7) is 4.64. The quantitative estimate of drug-likeness (QED) is 0.915. The standard InChI is InChI=1S/C14H17N3O2/c1-3-14(2,15)13-16-12(19-17-13)10-4-5-11-9(8-10)6-7-18-11/h4-5,8H,3,6-7,15H2,1-2H3. The minimum atomic E-state index is -0.554. The van der Waals surface area contributed by atoms with Crippen LogP contribution in [0.2, 0.25) is 0 Å². The molecule has 0 saturated heterocycles. The SMILES string of the molecule is CCC(C)(N)c1noc(-c2ccc3c(c2)CCO3)n1. The van der Waals surface area contributed by atoms with Crippen molar-refractivity contribution in [3.63, 3.8) is 0 Å². The molecule has 2 aromatic rings. The van der Waals surface area contributed by atoms with Crippen LogP contribution in [0.4, 0.5) is 0 Å². The molecule has 0 bridgehead atoms. The predicted octanol–water partition coefficient (Wildman–Crippen LogP) is 2.26. The van der Waals surface area contributed by atoms with Crippen molar-refractivity contribution in [3.05, 3.63) is 29.6 Å². The largest absolute Gasteiger partial charge is 0.493 e. The number of hydrogen-bond donors (Lipinski definition) is 1. The highest BCUT2D eigenvalue weighted by Crippen LogP contribution is 2.30. The Labute approximate surface area is 111 Å². The van der Waals surface area contributed by atoms with Crippen molar-refractivity contribution in [1.29, 1.82) is 0 Å². The van der Waals surface area contributed by atoms with E-state index in [9.17, 15) is 0 Å². The summed E-state index contributed by atoms with van der Waals surface area (Å²) in [6, 6.07) is 5.92. The summed E-state index contributed by atoms with van der Waals surface area (Å²) in [5, 5.41) is 3.99. The number of ether oxygens (including phenoxy) is 1. The Morgan fingerprint density at radius 2 is 2.26 bits per heavy atom. The Hall–Kier alpha value is -1.88. The lowest BCUT2D eigenvalue weighted by Crippen LogP contribution is -2.33. The first-order valence-electron chi connectivity index (χ1n) is 6.49. The summed E-state index contributed by atoms with van der Waals surface area (Å²) in [5.74, 6) is 2.00. The molecule has 0 saturated carbocycles. The first-order chi connectivity index (χ1) is 9.10. The van der Waals surface area contributed by atoms with Gasteiger partial charge in [-0.15, -0.1) is 0 Å². The summed E-state index contributed by atoms with van der Waals surface area (Å²) >= 11 is 0. The minimum Gasteiger partial charge on any atom is -0.493 e. The maximum Gasteiger partial charge on any atom is 0.258 e. The van der Waals surface area contributed by atoms with E-state index < -0.39 is 5.54 Å². The van der Waals surface area contributed by atoms with Gasteiger partial charge in [-0.05, 0) is 37.1 Å². The number of nitrogens with zero attached hydrogens (tertiary/aromatic N) is 2. The first kappa shape index (κ1) is 12.2. The van der Waals surface area contributed by atoms with Gasteiger partial charge in [-0.1, -0.05) is 12.1 Å². The fourth-order valence-electron chi connectivity index (χ4n) is 2.05. The van der Waals surface area contributed by atoms with Gasteiger partial charge in [0.1, 0.15) is 5.75 Å². The second kappa shape index (κ2) is 4.35. The minimum absolute atomic E-state index is 0.509. The summed E-state index contributed by atoms with van der Waals surface area (Å²) in [6.07, 6.45) is 1.68. The maximum absolute atomic E-state index is 6.11. The van der Waals surface area contributed by atoms with Gasteiger partial charge in [0.05, 0.1) is 12.1 Å². The van der Waals surface area contributed by atoms with Crippen molar-refractivity contribution in [2.75, 3.05) is 6.61 Å². The van der Waals surface area contributed by atoms with Crippen molar-refractivity contribution in [3.8, 4) is 17.2 Å². The van der Waals surface area contributed by atoms with Gasteiger partial charge in [-0.2, -0.15) is 4.98 Å². The molecule has 19 heavy (non-hydrogen) atoms. The van der Waals surface area contributed by atoms with Crippen LogP contribution in [0.5, 0.6) is 5.75 Å². The summed E-state index contributed by atoms with van der Waals surface area (Å²) in [5.41, 5.74) is 7.66. The van der Waals surface area contributed by atoms with Crippen LogP contribution in [0.25, 0.3) is 11.5 Å². The van der Waals surface area contributed by atoms with Crippen LogP contribution < -0.4 is 10.5 Å². The summed E-state index contributed by atoms with van der Waals surface area (Å²) < 4.78 is 10.8. The lowest BCUT2D eigenvalue weighted by atomic mass is 10.00. The molecule has 0 aliphatic carbocycles. The lowest BCUT2D eigenvalue weighted by Gasteiger charge is -2.16. The van der Waals surface area contributed by atoms with E-state index >= 15 is 0 Å². The van der Waals surface area contributed by atoms with Gasteiger partial charge in [0.15, 0.2) is 5.82 Å². The first-order valence-corrected chi connectivity index (χ1v) is 6.49. The molecule has 0 spiro atoms. The van der Waals surface area contributed by atoms with E-state index in [4.69, 9.17) is 15.0 Å². The van der Waals surface area contributed by atoms with Crippen molar-refractivity contribution in [2.24, 2.45) is 5.73 Å². The molecule has 1 aliphatic rings. The van der Waals surface area contributed by atoms with Crippen LogP contribution in [0.15, 0.2) is 22.7 Å². The van der Waals surface area contributed by atoms with Crippen molar-refractivity contribution < 1.29 is 9.26 Å². The normalized spacial score (nSPS) is 16.8. The molecule has 2 N–H and O–H groups in total. The Morgan fingerprint density at radius 1 is 1.42 bits per heavy atom. The van der Waals surface area contributed by atoms with Gasteiger partial charge in [0, 0.05) is 12.0 Å². The molecule has 1 atom stereocenters. The number of rotatable bonds is 3. The van der Waals surface area contributed by atoms with E-state index in [1.807, 2.05) is 32.0 Å². The zero-order valence-electron chi connectivity index (χ0n) is 11.1. The molecule has 0 amide bonds. The molecule has 1 unspecified atom stereocenters. The van der Waals surface area contributed by atoms with E-state index in [0.717, 1.165) is 30.8 Å². The van der Waals surface area contributed by atoms with Crippen LogP contribution in [0, 0.1) is 0 Å². The van der Waals surface area contributed by atoms with Gasteiger partial charge in [0.25, 0.3) is 5.89 Å². The van der Waals surface area contributed by atoms with Gasteiger partial charge in [-0.3, -0.25) is 0 Å². The monoisotopic (exact) mass is 259 g/mol. The predicted molar refractivity (Wildman–Crippen MR) is 70.8 cm³/mol. The molecular formula is C14H17N3O2. The van der Waals surface area contributed by atoms with Crippen LogP contribution in [0.3, 0.4) is 0 Å². The Balaban J connectivity index is 1.95.